The second-order valence-corrected chi connectivity index (χ2v) is 6.00. The number of nitrogens with zero attached hydrogens (tertiary/aromatic N) is 1. The van der Waals surface area contributed by atoms with E-state index >= 15 is 0 Å². The molecule has 1 heterocycles. The fraction of sp³-hybridized carbons (Fsp3) is 0.625. The average Bonchev–Trinajstić information content (AvgIpc) is 2.73. The molecule has 1 aromatic rings. The lowest BCUT2D eigenvalue weighted by Gasteiger charge is -2.22. The van der Waals surface area contributed by atoms with Gasteiger partial charge in [-0.15, -0.1) is 6.58 Å². The number of rotatable bonds is 8. The number of nitrogens with one attached hydrogen (secondary N) is 1. The van der Waals surface area contributed by atoms with E-state index < -0.39 is 0 Å². The van der Waals surface area contributed by atoms with Gasteiger partial charge in [-0.25, -0.2) is 0 Å². The molecule has 0 saturated heterocycles. The summed E-state index contributed by atoms with van der Waals surface area (Å²) in [5.74, 6) is 1.04. The molecule has 0 fully saturated rings. The minimum absolute atomic E-state index is 0.105. The summed E-state index contributed by atoms with van der Waals surface area (Å²) in [5, 5.41) is 3.47. The minimum atomic E-state index is 0.105. The summed E-state index contributed by atoms with van der Waals surface area (Å²) < 4.78 is 5.60. The van der Waals surface area contributed by atoms with Crippen molar-refractivity contribution in [2.45, 2.75) is 52.7 Å². The Labute approximate surface area is 117 Å². The normalized spacial score (nSPS) is 12.1. The van der Waals surface area contributed by atoms with Crippen LogP contribution >= 0.6 is 0 Å². The SMILES string of the molecule is C=CCN(CCC)Cc1ccoc1CNC(C)(C)C. The van der Waals surface area contributed by atoms with E-state index in [1.807, 2.05) is 6.08 Å². The first-order valence-electron chi connectivity index (χ1n) is 7.09. The summed E-state index contributed by atoms with van der Waals surface area (Å²) in [6.07, 6.45) is 4.90. The standard InChI is InChI=1S/C16H28N2O/c1-6-9-18(10-7-2)13-14-8-11-19-15(14)12-17-16(3,4)5/h6,8,11,17H,1,7,9-10,12-13H2,2-5H3. The molecule has 0 aliphatic carbocycles. The Kier molecular flexibility index (Phi) is 6.32. The molecule has 1 rings (SSSR count). The van der Waals surface area contributed by atoms with Crippen LogP contribution in [-0.2, 0) is 13.1 Å². The quantitative estimate of drug-likeness (QED) is 0.728. The molecule has 1 N–H and O–H groups in total. The Morgan fingerprint density at radius 3 is 2.74 bits per heavy atom. The molecule has 0 radical (unpaired) electrons. The van der Waals surface area contributed by atoms with E-state index in [-0.39, 0.29) is 5.54 Å². The summed E-state index contributed by atoms with van der Waals surface area (Å²) in [4.78, 5) is 2.39. The molecule has 0 unspecified atom stereocenters. The molecular formula is C16H28N2O. The number of hydrogen-bond acceptors (Lipinski definition) is 3. The van der Waals surface area contributed by atoms with Crippen molar-refractivity contribution in [3.63, 3.8) is 0 Å². The predicted octanol–water partition coefficient (Wildman–Crippen LogP) is 3.57. The maximum absolute atomic E-state index is 5.60. The van der Waals surface area contributed by atoms with E-state index in [2.05, 4.69) is 50.6 Å². The van der Waals surface area contributed by atoms with Crippen molar-refractivity contribution in [1.82, 2.24) is 10.2 Å². The van der Waals surface area contributed by atoms with E-state index in [0.717, 1.165) is 38.4 Å². The maximum atomic E-state index is 5.60. The van der Waals surface area contributed by atoms with Gasteiger partial charge >= 0.3 is 0 Å². The van der Waals surface area contributed by atoms with Crippen LogP contribution in [0.5, 0.6) is 0 Å². The van der Waals surface area contributed by atoms with Gasteiger partial charge in [0.05, 0.1) is 12.8 Å². The van der Waals surface area contributed by atoms with E-state index in [1.54, 1.807) is 6.26 Å². The second kappa shape index (κ2) is 7.51. The molecule has 1 aromatic heterocycles. The average molecular weight is 264 g/mol. The molecule has 0 aliphatic rings. The molecule has 0 bridgehead atoms. The van der Waals surface area contributed by atoms with Crippen molar-refractivity contribution >= 4 is 0 Å². The zero-order valence-corrected chi connectivity index (χ0v) is 12.8. The van der Waals surface area contributed by atoms with Crippen molar-refractivity contribution in [2.24, 2.45) is 0 Å². The van der Waals surface area contributed by atoms with Crippen molar-refractivity contribution in [3.05, 3.63) is 36.3 Å². The number of furan rings is 1. The minimum Gasteiger partial charge on any atom is -0.468 e. The van der Waals surface area contributed by atoms with E-state index in [4.69, 9.17) is 4.42 Å². The van der Waals surface area contributed by atoms with E-state index in [0.29, 0.717) is 0 Å². The number of hydrogen-bond donors (Lipinski definition) is 1. The van der Waals surface area contributed by atoms with E-state index in [9.17, 15) is 0 Å². The fourth-order valence-corrected chi connectivity index (χ4v) is 1.98. The van der Waals surface area contributed by atoms with Crippen LogP contribution in [0, 0.1) is 0 Å². The highest BCUT2D eigenvalue weighted by Crippen LogP contribution is 2.15. The van der Waals surface area contributed by atoms with Crippen molar-refractivity contribution in [2.75, 3.05) is 13.1 Å². The summed E-state index contributed by atoms with van der Waals surface area (Å²) in [6, 6.07) is 2.07. The van der Waals surface area contributed by atoms with Crippen LogP contribution in [0.1, 0.15) is 45.4 Å². The van der Waals surface area contributed by atoms with Gasteiger partial charge in [-0.05, 0) is 39.8 Å². The summed E-state index contributed by atoms with van der Waals surface area (Å²) in [6.45, 7) is 16.2. The molecular weight excluding hydrogens is 236 g/mol. The Balaban J connectivity index is 2.62. The maximum Gasteiger partial charge on any atom is 0.122 e. The Morgan fingerprint density at radius 2 is 2.16 bits per heavy atom. The molecule has 3 nitrogen and oxygen atoms in total. The first-order chi connectivity index (χ1) is 8.96. The van der Waals surface area contributed by atoms with Gasteiger partial charge in [0.25, 0.3) is 0 Å². The molecule has 0 aromatic carbocycles. The summed E-state index contributed by atoms with van der Waals surface area (Å²) >= 11 is 0. The highest BCUT2D eigenvalue weighted by Gasteiger charge is 2.14. The summed E-state index contributed by atoms with van der Waals surface area (Å²) in [7, 11) is 0. The molecule has 0 spiro atoms. The van der Waals surface area contributed by atoms with Crippen LogP contribution in [-0.4, -0.2) is 23.5 Å². The van der Waals surface area contributed by atoms with Gasteiger partial charge in [0.15, 0.2) is 0 Å². The molecule has 0 saturated carbocycles. The lowest BCUT2D eigenvalue weighted by atomic mass is 10.1. The van der Waals surface area contributed by atoms with Crippen molar-refractivity contribution in [3.8, 4) is 0 Å². The molecule has 3 heteroatoms. The lowest BCUT2D eigenvalue weighted by Crippen LogP contribution is -2.35. The van der Waals surface area contributed by atoms with Gasteiger partial charge in [0.1, 0.15) is 5.76 Å². The molecule has 108 valence electrons. The topological polar surface area (TPSA) is 28.4 Å². The van der Waals surface area contributed by atoms with Crippen LogP contribution < -0.4 is 5.32 Å². The smallest absolute Gasteiger partial charge is 0.122 e. The third kappa shape index (κ3) is 6.08. The monoisotopic (exact) mass is 264 g/mol. The van der Waals surface area contributed by atoms with Crippen molar-refractivity contribution in [1.29, 1.82) is 0 Å². The van der Waals surface area contributed by atoms with Crippen molar-refractivity contribution < 1.29 is 4.42 Å². The van der Waals surface area contributed by atoms with Gasteiger partial charge in [-0.2, -0.15) is 0 Å². The van der Waals surface area contributed by atoms with Crippen LogP contribution in [0.3, 0.4) is 0 Å². The van der Waals surface area contributed by atoms with Crippen LogP contribution in [0.15, 0.2) is 29.4 Å². The zero-order valence-electron chi connectivity index (χ0n) is 12.8. The fourth-order valence-electron chi connectivity index (χ4n) is 1.98. The van der Waals surface area contributed by atoms with Crippen LogP contribution in [0.4, 0.5) is 0 Å². The molecule has 0 atom stereocenters. The first-order valence-corrected chi connectivity index (χ1v) is 7.09. The molecule has 0 aliphatic heterocycles. The molecule has 0 amide bonds. The third-order valence-electron chi connectivity index (χ3n) is 2.94. The highest BCUT2D eigenvalue weighted by atomic mass is 16.3. The van der Waals surface area contributed by atoms with Crippen LogP contribution in [0.25, 0.3) is 0 Å². The lowest BCUT2D eigenvalue weighted by molar-refractivity contribution is 0.290. The molecule has 19 heavy (non-hydrogen) atoms. The van der Waals surface area contributed by atoms with Gasteiger partial charge < -0.3 is 9.73 Å². The van der Waals surface area contributed by atoms with Gasteiger partial charge in [-0.1, -0.05) is 13.0 Å². The van der Waals surface area contributed by atoms with E-state index in [1.165, 1.54) is 5.56 Å². The highest BCUT2D eigenvalue weighted by molar-refractivity contribution is 5.17. The van der Waals surface area contributed by atoms with Gasteiger partial charge in [0, 0.05) is 24.2 Å². The third-order valence-corrected chi connectivity index (χ3v) is 2.94. The first kappa shape index (κ1) is 16.0. The zero-order chi connectivity index (χ0) is 14.3. The van der Waals surface area contributed by atoms with Gasteiger partial charge in [-0.3, -0.25) is 4.90 Å². The van der Waals surface area contributed by atoms with Crippen LogP contribution in [0.2, 0.25) is 0 Å². The predicted molar refractivity (Wildman–Crippen MR) is 81.1 cm³/mol. The Hall–Kier alpha value is -1.06. The Morgan fingerprint density at radius 1 is 1.42 bits per heavy atom. The largest absolute Gasteiger partial charge is 0.468 e. The van der Waals surface area contributed by atoms with Gasteiger partial charge in [0.2, 0.25) is 0 Å². The Bertz CT molecular complexity index is 376. The summed E-state index contributed by atoms with van der Waals surface area (Å²) in [5.41, 5.74) is 1.38. The second-order valence-electron chi connectivity index (χ2n) is 6.00.